The lowest BCUT2D eigenvalue weighted by Crippen LogP contribution is -2.57. The lowest BCUT2D eigenvalue weighted by atomic mass is 9.85. The number of fused-ring (bicyclic) bond motifs is 1. The number of aromatic nitrogens is 2. The van der Waals surface area contributed by atoms with Crippen molar-refractivity contribution in [1.29, 1.82) is 0 Å². The summed E-state index contributed by atoms with van der Waals surface area (Å²) < 4.78 is 6.54. The van der Waals surface area contributed by atoms with E-state index in [1.54, 1.807) is 4.90 Å². The zero-order valence-electron chi connectivity index (χ0n) is 20.5. The van der Waals surface area contributed by atoms with Crippen molar-refractivity contribution in [3.8, 4) is 5.75 Å². The quantitative estimate of drug-likeness (QED) is 0.643. The van der Waals surface area contributed by atoms with Gasteiger partial charge in [-0.2, -0.15) is 0 Å². The monoisotopic (exact) mass is 489 g/mol. The van der Waals surface area contributed by atoms with Gasteiger partial charge in [0.1, 0.15) is 23.7 Å². The summed E-state index contributed by atoms with van der Waals surface area (Å²) in [7, 11) is 0. The predicted molar refractivity (Wildman–Crippen MR) is 130 cm³/mol. The number of imide groups is 1. The van der Waals surface area contributed by atoms with Crippen LogP contribution in [-0.4, -0.2) is 68.8 Å². The molecular formula is C27H31N5O4. The standard InChI is InChI=1S/C27H31N5O4/c1-16-28-11-10-21(29-16)18-13-31(14-18)22-4-2-3-5-24(22)36-19-6-7-20-17(12-19)15-32(27(20)35)23-8-9-25(33)30-26(23)34/h6-7,10-12,18,22-24H,2-5,8-9,13-15H2,1H3,(H,30,33,34)/t22-,23?,24+/m0/s1. The number of hydrogen-bond donors (Lipinski definition) is 1. The number of piperidine rings is 1. The van der Waals surface area contributed by atoms with Crippen LogP contribution >= 0.6 is 0 Å². The van der Waals surface area contributed by atoms with Crippen molar-refractivity contribution >= 4 is 17.7 Å². The van der Waals surface area contributed by atoms with Crippen LogP contribution < -0.4 is 10.1 Å². The molecule has 0 radical (unpaired) electrons. The van der Waals surface area contributed by atoms with Crippen LogP contribution in [0.1, 0.15) is 71.9 Å². The Bertz CT molecular complexity index is 1210. The molecule has 6 rings (SSSR count). The number of aryl methyl sites for hydroxylation is 1. The molecule has 36 heavy (non-hydrogen) atoms. The van der Waals surface area contributed by atoms with E-state index in [1.165, 1.54) is 6.42 Å². The number of nitrogens with zero attached hydrogens (tertiary/aromatic N) is 4. The smallest absolute Gasteiger partial charge is 0.255 e. The van der Waals surface area contributed by atoms with Crippen molar-refractivity contribution in [2.24, 2.45) is 0 Å². The van der Waals surface area contributed by atoms with Crippen molar-refractivity contribution in [3.63, 3.8) is 0 Å². The van der Waals surface area contributed by atoms with Gasteiger partial charge in [0, 0.05) is 55.5 Å². The molecule has 3 atom stereocenters. The van der Waals surface area contributed by atoms with E-state index in [0.29, 0.717) is 30.5 Å². The highest BCUT2D eigenvalue weighted by atomic mass is 16.5. The molecule has 3 amide bonds. The second-order valence-corrected chi connectivity index (χ2v) is 10.4. The number of hydrogen-bond acceptors (Lipinski definition) is 7. The third-order valence-corrected chi connectivity index (χ3v) is 8.04. The molecule has 9 nitrogen and oxygen atoms in total. The van der Waals surface area contributed by atoms with Crippen molar-refractivity contribution in [1.82, 2.24) is 25.1 Å². The van der Waals surface area contributed by atoms with E-state index in [4.69, 9.17) is 4.74 Å². The summed E-state index contributed by atoms with van der Waals surface area (Å²) in [5.41, 5.74) is 2.60. The fraction of sp³-hybridized carbons (Fsp3) is 0.519. The van der Waals surface area contributed by atoms with Gasteiger partial charge >= 0.3 is 0 Å². The largest absolute Gasteiger partial charge is 0.489 e. The minimum Gasteiger partial charge on any atom is -0.489 e. The van der Waals surface area contributed by atoms with Crippen molar-refractivity contribution in [2.75, 3.05) is 13.1 Å². The molecule has 3 aliphatic heterocycles. The molecule has 2 aromatic rings. The summed E-state index contributed by atoms with van der Waals surface area (Å²) in [5.74, 6) is 1.20. The van der Waals surface area contributed by atoms with Gasteiger partial charge in [-0.1, -0.05) is 6.42 Å². The first-order chi connectivity index (χ1) is 17.5. The number of amides is 3. The van der Waals surface area contributed by atoms with Crippen molar-refractivity contribution < 1.29 is 19.1 Å². The number of nitrogens with one attached hydrogen (secondary N) is 1. The van der Waals surface area contributed by atoms with Crippen LogP contribution in [0.2, 0.25) is 0 Å². The molecule has 1 saturated carbocycles. The Hall–Kier alpha value is -3.33. The first kappa shape index (κ1) is 23.1. The maximum atomic E-state index is 13.0. The van der Waals surface area contributed by atoms with Crippen LogP contribution in [-0.2, 0) is 16.1 Å². The summed E-state index contributed by atoms with van der Waals surface area (Å²) in [4.78, 5) is 49.7. The van der Waals surface area contributed by atoms with Gasteiger partial charge in [-0.15, -0.1) is 0 Å². The van der Waals surface area contributed by atoms with E-state index in [-0.39, 0.29) is 30.2 Å². The molecule has 4 heterocycles. The fourth-order valence-electron chi connectivity index (χ4n) is 6.10. The number of ether oxygens (including phenoxy) is 1. The Balaban J connectivity index is 1.12. The lowest BCUT2D eigenvalue weighted by Gasteiger charge is -2.48. The molecule has 1 aromatic heterocycles. The summed E-state index contributed by atoms with van der Waals surface area (Å²) in [6.07, 6.45) is 7.05. The summed E-state index contributed by atoms with van der Waals surface area (Å²) in [5, 5.41) is 2.35. The Morgan fingerprint density at radius 3 is 2.69 bits per heavy atom. The molecule has 4 aliphatic rings. The van der Waals surface area contributed by atoms with Gasteiger partial charge in [0.05, 0.1) is 0 Å². The van der Waals surface area contributed by atoms with Crippen LogP contribution in [0.3, 0.4) is 0 Å². The number of likely N-dealkylation sites (tertiary alicyclic amines) is 1. The average Bonchev–Trinajstić information content (AvgIpc) is 3.15. The topological polar surface area (TPSA) is 105 Å². The van der Waals surface area contributed by atoms with Gasteiger partial charge in [0.2, 0.25) is 11.8 Å². The van der Waals surface area contributed by atoms with E-state index >= 15 is 0 Å². The second kappa shape index (κ2) is 9.28. The molecule has 188 valence electrons. The average molecular weight is 490 g/mol. The second-order valence-electron chi connectivity index (χ2n) is 10.4. The highest BCUT2D eigenvalue weighted by Gasteiger charge is 2.41. The maximum Gasteiger partial charge on any atom is 0.255 e. The van der Waals surface area contributed by atoms with Crippen molar-refractivity contribution in [3.05, 3.63) is 53.1 Å². The molecule has 0 spiro atoms. The van der Waals surface area contributed by atoms with Crippen LogP contribution in [0.4, 0.5) is 0 Å². The molecule has 3 fully saturated rings. The number of benzene rings is 1. The van der Waals surface area contributed by atoms with Gasteiger partial charge in [0.25, 0.3) is 5.91 Å². The van der Waals surface area contributed by atoms with Crippen LogP contribution in [0, 0.1) is 6.92 Å². The summed E-state index contributed by atoms with van der Waals surface area (Å²) in [6, 6.07) is 7.43. The number of rotatable bonds is 5. The Labute approximate surface area is 210 Å². The minimum atomic E-state index is -0.604. The van der Waals surface area contributed by atoms with Gasteiger partial charge in [-0.25, -0.2) is 9.97 Å². The van der Waals surface area contributed by atoms with Gasteiger partial charge in [0.15, 0.2) is 0 Å². The third kappa shape index (κ3) is 4.25. The zero-order valence-corrected chi connectivity index (χ0v) is 20.5. The zero-order chi connectivity index (χ0) is 24.8. The molecule has 1 aromatic carbocycles. The molecular weight excluding hydrogens is 458 g/mol. The van der Waals surface area contributed by atoms with E-state index in [0.717, 1.165) is 55.2 Å². The molecule has 1 unspecified atom stereocenters. The van der Waals surface area contributed by atoms with Crippen LogP contribution in [0.5, 0.6) is 5.75 Å². The number of carbonyl (C=O) groups is 3. The van der Waals surface area contributed by atoms with E-state index in [2.05, 4.69) is 20.2 Å². The van der Waals surface area contributed by atoms with E-state index in [9.17, 15) is 14.4 Å². The van der Waals surface area contributed by atoms with Crippen molar-refractivity contribution in [2.45, 2.75) is 76.1 Å². The van der Waals surface area contributed by atoms with E-state index < -0.39 is 6.04 Å². The Morgan fingerprint density at radius 1 is 1.06 bits per heavy atom. The summed E-state index contributed by atoms with van der Waals surface area (Å²) >= 11 is 0. The first-order valence-corrected chi connectivity index (χ1v) is 12.9. The summed E-state index contributed by atoms with van der Waals surface area (Å²) in [6.45, 7) is 4.26. The lowest BCUT2D eigenvalue weighted by molar-refractivity contribution is -0.136. The van der Waals surface area contributed by atoms with Gasteiger partial charge < -0.3 is 9.64 Å². The molecule has 2 saturated heterocycles. The maximum absolute atomic E-state index is 13.0. The van der Waals surface area contributed by atoms with Gasteiger partial charge in [-0.05, 0) is 62.4 Å². The van der Waals surface area contributed by atoms with Gasteiger partial charge in [-0.3, -0.25) is 24.6 Å². The van der Waals surface area contributed by atoms with Crippen LogP contribution in [0.25, 0.3) is 0 Å². The van der Waals surface area contributed by atoms with E-state index in [1.807, 2.05) is 37.4 Å². The predicted octanol–water partition coefficient (Wildman–Crippen LogP) is 2.34. The molecule has 1 N–H and O–H groups in total. The highest BCUT2D eigenvalue weighted by Crippen LogP contribution is 2.36. The SMILES string of the molecule is Cc1nccc(C2CN([C@H]3CCCC[C@H]3Oc3ccc4c(c3)CN(C3CCC(=O)NC3=O)C4=O)C2)n1. The minimum absolute atomic E-state index is 0.105. The Kier molecular flexibility index (Phi) is 5.95. The third-order valence-electron chi connectivity index (χ3n) is 8.04. The fourth-order valence-corrected chi connectivity index (χ4v) is 6.10. The Morgan fingerprint density at radius 2 is 1.89 bits per heavy atom. The number of carbonyl (C=O) groups excluding carboxylic acids is 3. The normalized spacial score (nSPS) is 27.0. The highest BCUT2D eigenvalue weighted by molar-refractivity contribution is 6.05. The van der Waals surface area contributed by atoms with Crippen LogP contribution in [0.15, 0.2) is 30.5 Å². The molecule has 9 heteroatoms. The first-order valence-electron chi connectivity index (χ1n) is 12.9. The molecule has 1 aliphatic carbocycles. The molecule has 0 bridgehead atoms.